The Balaban J connectivity index is 1.66. The van der Waals surface area contributed by atoms with Gasteiger partial charge in [0.2, 0.25) is 0 Å². The number of unbranched alkanes of at least 4 members (excludes halogenated alkanes) is 1. The molecule has 1 aromatic rings. The van der Waals surface area contributed by atoms with Crippen molar-refractivity contribution in [3.05, 3.63) is 35.9 Å². The third-order valence-electron chi connectivity index (χ3n) is 3.18. The number of hydrogen-bond donors (Lipinski definition) is 0. The molecule has 0 aromatic heterocycles. The number of alkyl halides is 1. The second-order valence-corrected chi connectivity index (χ2v) is 5.64. The molecule has 1 saturated heterocycles. The van der Waals surface area contributed by atoms with Crippen LogP contribution in [0.2, 0.25) is 0 Å². The van der Waals surface area contributed by atoms with E-state index in [9.17, 15) is 4.79 Å². The Morgan fingerprint density at radius 3 is 2.85 bits per heavy atom. The van der Waals surface area contributed by atoms with Gasteiger partial charge in [0.15, 0.2) is 0 Å². The second kappa shape index (κ2) is 8.27. The zero-order chi connectivity index (χ0) is 14.2. The zero-order valence-electron chi connectivity index (χ0n) is 11.5. The summed E-state index contributed by atoms with van der Waals surface area (Å²) >= 11 is 3.39. The molecule has 0 spiro atoms. The number of ether oxygens (including phenoxy) is 2. The fourth-order valence-electron chi connectivity index (χ4n) is 2.12. The molecule has 1 unspecified atom stereocenters. The molecule has 0 bridgehead atoms. The molecule has 1 atom stereocenters. The first kappa shape index (κ1) is 15.3. The predicted octanol–water partition coefficient (Wildman–Crippen LogP) is 3.20. The summed E-state index contributed by atoms with van der Waals surface area (Å²) in [6, 6.07) is 9.99. The van der Waals surface area contributed by atoms with Gasteiger partial charge in [0.25, 0.3) is 0 Å². The molecule has 2 rings (SSSR count). The zero-order valence-corrected chi connectivity index (χ0v) is 13.0. The van der Waals surface area contributed by atoms with Gasteiger partial charge in [-0.2, -0.15) is 0 Å². The van der Waals surface area contributed by atoms with Crippen LogP contribution in [0.3, 0.4) is 0 Å². The molecule has 1 aliphatic rings. The number of benzene rings is 1. The van der Waals surface area contributed by atoms with E-state index in [1.54, 1.807) is 4.90 Å². The summed E-state index contributed by atoms with van der Waals surface area (Å²) in [5.41, 5.74) is 1.13. The monoisotopic (exact) mass is 341 g/mol. The van der Waals surface area contributed by atoms with Gasteiger partial charge >= 0.3 is 6.09 Å². The molecule has 1 heterocycles. The van der Waals surface area contributed by atoms with Gasteiger partial charge in [-0.25, -0.2) is 4.79 Å². The Kier molecular flexibility index (Phi) is 6.33. The Morgan fingerprint density at radius 1 is 1.30 bits per heavy atom. The van der Waals surface area contributed by atoms with Crippen molar-refractivity contribution < 1.29 is 14.3 Å². The largest absolute Gasteiger partial charge is 0.442 e. The van der Waals surface area contributed by atoms with Crippen LogP contribution >= 0.6 is 15.9 Å². The van der Waals surface area contributed by atoms with Crippen molar-refractivity contribution in [3.63, 3.8) is 0 Å². The average molecular weight is 342 g/mol. The van der Waals surface area contributed by atoms with E-state index < -0.39 is 0 Å². The Bertz CT molecular complexity index is 413. The number of carbonyl (C=O) groups is 1. The molecular weight excluding hydrogens is 322 g/mol. The summed E-state index contributed by atoms with van der Waals surface area (Å²) in [5, 5.41) is 0.972. The van der Waals surface area contributed by atoms with Crippen LogP contribution in [0.4, 0.5) is 4.79 Å². The quantitative estimate of drug-likeness (QED) is 0.538. The van der Waals surface area contributed by atoms with Crippen molar-refractivity contribution in [2.75, 3.05) is 25.0 Å². The summed E-state index contributed by atoms with van der Waals surface area (Å²) in [7, 11) is 0. The topological polar surface area (TPSA) is 38.8 Å². The molecule has 0 saturated carbocycles. The Labute approximate surface area is 128 Å². The van der Waals surface area contributed by atoms with E-state index in [0.29, 0.717) is 19.8 Å². The van der Waals surface area contributed by atoms with Gasteiger partial charge in [-0.15, -0.1) is 0 Å². The highest BCUT2D eigenvalue weighted by Crippen LogP contribution is 2.13. The molecule has 5 heteroatoms. The third kappa shape index (κ3) is 4.80. The van der Waals surface area contributed by atoms with Crippen molar-refractivity contribution >= 4 is 22.0 Å². The van der Waals surface area contributed by atoms with Crippen LogP contribution in [0.15, 0.2) is 30.3 Å². The van der Waals surface area contributed by atoms with Gasteiger partial charge in [-0.1, -0.05) is 46.3 Å². The van der Waals surface area contributed by atoms with E-state index in [2.05, 4.69) is 15.9 Å². The standard InChI is InChI=1S/C15H20BrNO3/c16-8-4-5-9-17-10-14(20-15(17)18)12-19-11-13-6-2-1-3-7-13/h1-3,6-7,14H,4-5,8-12H2. The van der Waals surface area contributed by atoms with Crippen LogP contribution in [0, 0.1) is 0 Å². The minimum Gasteiger partial charge on any atom is -0.442 e. The highest BCUT2D eigenvalue weighted by molar-refractivity contribution is 9.09. The van der Waals surface area contributed by atoms with Gasteiger partial charge in [-0.05, 0) is 18.4 Å². The predicted molar refractivity (Wildman–Crippen MR) is 81.0 cm³/mol. The highest BCUT2D eigenvalue weighted by atomic mass is 79.9. The summed E-state index contributed by atoms with van der Waals surface area (Å²) in [6.45, 7) is 2.41. The van der Waals surface area contributed by atoms with E-state index in [-0.39, 0.29) is 12.2 Å². The Hall–Kier alpha value is -1.07. The summed E-state index contributed by atoms with van der Waals surface area (Å²) in [6.07, 6.45) is 1.71. The minimum atomic E-state index is -0.215. The molecule has 1 aromatic carbocycles. The van der Waals surface area contributed by atoms with E-state index in [0.717, 1.165) is 30.3 Å². The lowest BCUT2D eigenvalue weighted by Crippen LogP contribution is -2.27. The van der Waals surface area contributed by atoms with Gasteiger partial charge in [0.1, 0.15) is 6.10 Å². The SMILES string of the molecule is O=C1OC(COCc2ccccc2)CN1CCCCBr. The number of nitrogens with zero attached hydrogens (tertiary/aromatic N) is 1. The van der Waals surface area contributed by atoms with Crippen molar-refractivity contribution in [3.8, 4) is 0 Å². The molecule has 1 aliphatic heterocycles. The highest BCUT2D eigenvalue weighted by Gasteiger charge is 2.30. The molecule has 1 amide bonds. The van der Waals surface area contributed by atoms with Crippen LogP contribution < -0.4 is 0 Å². The number of rotatable bonds is 8. The lowest BCUT2D eigenvalue weighted by Gasteiger charge is -2.12. The van der Waals surface area contributed by atoms with Crippen molar-refractivity contribution in [2.24, 2.45) is 0 Å². The fraction of sp³-hybridized carbons (Fsp3) is 0.533. The third-order valence-corrected chi connectivity index (χ3v) is 3.74. The molecule has 110 valence electrons. The number of cyclic esters (lactones) is 1. The maximum atomic E-state index is 11.6. The fourth-order valence-corrected chi connectivity index (χ4v) is 2.52. The first-order valence-corrected chi connectivity index (χ1v) is 8.05. The number of hydrogen-bond acceptors (Lipinski definition) is 3. The molecule has 4 nitrogen and oxygen atoms in total. The maximum absolute atomic E-state index is 11.6. The molecule has 0 N–H and O–H groups in total. The van der Waals surface area contributed by atoms with E-state index >= 15 is 0 Å². The normalized spacial score (nSPS) is 18.4. The molecule has 0 radical (unpaired) electrons. The second-order valence-electron chi connectivity index (χ2n) is 4.85. The average Bonchev–Trinajstić information content (AvgIpc) is 2.81. The van der Waals surface area contributed by atoms with E-state index in [1.165, 1.54) is 0 Å². The van der Waals surface area contributed by atoms with E-state index in [1.807, 2.05) is 30.3 Å². The molecule has 0 aliphatic carbocycles. The Morgan fingerprint density at radius 2 is 2.10 bits per heavy atom. The molecule has 20 heavy (non-hydrogen) atoms. The summed E-state index contributed by atoms with van der Waals surface area (Å²) in [4.78, 5) is 13.4. The lowest BCUT2D eigenvalue weighted by molar-refractivity contribution is 0.0381. The van der Waals surface area contributed by atoms with Crippen LogP contribution in [0.25, 0.3) is 0 Å². The van der Waals surface area contributed by atoms with Crippen molar-refractivity contribution in [1.82, 2.24) is 4.90 Å². The maximum Gasteiger partial charge on any atom is 0.410 e. The first-order chi connectivity index (χ1) is 9.79. The van der Waals surface area contributed by atoms with Gasteiger partial charge in [0, 0.05) is 11.9 Å². The minimum absolute atomic E-state index is 0.143. The van der Waals surface area contributed by atoms with Gasteiger partial charge in [0.05, 0.1) is 19.8 Å². The summed E-state index contributed by atoms with van der Waals surface area (Å²) in [5.74, 6) is 0. The van der Waals surface area contributed by atoms with Crippen LogP contribution in [-0.2, 0) is 16.1 Å². The lowest BCUT2D eigenvalue weighted by atomic mass is 10.2. The number of amides is 1. The molecular formula is C15H20BrNO3. The van der Waals surface area contributed by atoms with Crippen molar-refractivity contribution in [2.45, 2.75) is 25.6 Å². The first-order valence-electron chi connectivity index (χ1n) is 6.93. The number of carbonyl (C=O) groups excluding carboxylic acids is 1. The van der Waals surface area contributed by atoms with Gasteiger partial charge in [-0.3, -0.25) is 0 Å². The summed E-state index contributed by atoms with van der Waals surface area (Å²) < 4.78 is 10.9. The van der Waals surface area contributed by atoms with E-state index in [4.69, 9.17) is 9.47 Å². The smallest absolute Gasteiger partial charge is 0.410 e. The number of halogens is 1. The van der Waals surface area contributed by atoms with Crippen LogP contribution in [-0.4, -0.2) is 42.1 Å². The van der Waals surface area contributed by atoms with Gasteiger partial charge < -0.3 is 14.4 Å². The van der Waals surface area contributed by atoms with Crippen LogP contribution in [0.1, 0.15) is 18.4 Å². The van der Waals surface area contributed by atoms with Crippen molar-refractivity contribution in [1.29, 1.82) is 0 Å². The van der Waals surface area contributed by atoms with Crippen LogP contribution in [0.5, 0.6) is 0 Å². The molecule has 1 fully saturated rings.